The van der Waals surface area contributed by atoms with E-state index in [-0.39, 0.29) is 16.7 Å². The molecule has 1 heterocycles. The highest BCUT2D eigenvalue weighted by atomic mass is 16.6. The quantitative estimate of drug-likeness (QED) is 0.324. The summed E-state index contributed by atoms with van der Waals surface area (Å²) in [5.74, 6) is -2.53. The zero-order valence-electron chi connectivity index (χ0n) is 15.2. The van der Waals surface area contributed by atoms with Gasteiger partial charge in [-0.25, -0.2) is 14.4 Å². The fourth-order valence-corrected chi connectivity index (χ4v) is 3.34. The first-order chi connectivity index (χ1) is 12.5. The van der Waals surface area contributed by atoms with Gasteiger partial charge in [0.15, 0.2) is 0 Å². The van der Waals surface area contributed by atoms with E-state index >= 15 is 0 Å². The Morgan fingerprint density at radius 1 is 0.885 bits per heavy atom. The first-order valence-electron chi connectivity index (χ1n) is 9.50. The molecule has 0 aliphatic carbocycles. The van der Waals surface area contributed by atoms with E-state index in [1.54, 1.807) is 0 Å². The highest BCUT2D eigenvalue weighted by molar-refractivity contribution is 6.16. The molecule has 0 aromatic heterocycles. The second-order valence-electron chi connectivity index (χ2n) is 6.83. The molecule has 0 atom stereocenters. The van der Waals surface area contributed by atoms with E-state index in [1.165, 1.54) is 50.7 Å². The first kappa shape index (κ1) is 20.1. The summed E-state index contributed by atoms with van der Waals surface area (Å²) in [5, 5.41) is 9.20. The predicted octanol–water partition coefficient (Wildman–Crippen LogP) is 4.97. The van der Waals surface area contributed by atoms with Crippen LogP contribution in [0.2, 0.25) is 0 Å². The van der Waals surface area contributed by atoms with Crippen molar-refractivity contribution < 1.29 is 24.2 Å². The topological polar surface area (TPSA) is 80.7 Å². The average Bonchev–Trinajstić information content (AvgIpc) is 2.90. The molecule has 1 aliphatic rings. The van der Waals surface area contributed by atoms with Gasteiger partial charge in [-0.3, -0.25) is 0 Å². The minimum atomic E-state index is -1.11. The smallest absolute Gasteiger partial charge is 0.347 e. The highest BCUT2D eigenvalue weighted by Gasteiger charge is 2.33. The van der Waals surface area contributed by atoms with Gasteiger partial charge >= 0.3 is 17.9 Å². The lowest BCUT2D eigenvalue weighted by atomic mass is 9.94. The number of cyclic esters (lactones) is 2. The first-order valence-corrected chi connectivity index (χ1v) is 9.50. The van der Waals surface area contributed by atoms with E-state index in [0.717, 1.165) is 25.7 Å². The van der Waals surface area contributed by atoms with Crippen molar-refractivity contribution in [1.82, 2.24) is 0 Å². The van der Waals surface area contributed by atoms with Crippen molar-refractivity contribution in [2.75, 3.05) is 0 Å². The summed E-state index contributed by atoms with van der Waals surface area (Å²) in [6.45, 7) is 3.84. The Balaban J connectivity index is 1.81. The number of aryl methyl sites for hydroxylation is 1. The minimum Gasteiger partial charge on any atom is -0.478 e. The molecule has 0 saturated carbocycles. The Bertz CT molecular complexity index is 663. The van der Waals surface area contributed by atoms with Gasteiger partial charge in [0.2, 0.25) is 0 Å². The van der Waals surface area contributed by atoms with Crippen molar-refractivity contribution in [2.24, 2.45) is 0 Å². The van der Waals surface area contributed by atoms with E-state index < -0.39 is 17.9 Å². The van der Waals surface area contributed by atoms with Gasteiger partial charge in [0.1, 0.15) is 0 Å². The number of rotatable bonds is 12. The van der Waals surface area contributed by atoms with Crippen LogP contribution in [0.1, 0.15) is 101 Å². The fraction of sp³-hybridized carbons (Fsp3) is 0.524. The molecular formula is C21H27O5. The van der Waals surface area contributed by atoms with Gasteiger partial charge in [0, 0.05) is 0 Å². The molecule has 26 heavy (non-hydrogen) atoms. The summed E-state index contributed by atoms with van der Waals surface area (Å²) in [6.07, 6.45) is 12.1. The lowest BCUT2D eigenvalue weighted by Gasteiger charge is -2.07. The number of benzene rings is 1. The molecule has 1 aliphatic heterocycles. The van der Waals surface area contributed by atoms with E-state index in [1.807, 2.05) is 0 Å². The summed E-state index contributed by atoms with van der Waals surface area (Å²) in [5.41, 5.74) is 0.939. The SMILES string of the molecule is [CH2]CCCCCCCCCCCc1cc(C(=O)O)cc2c1C(=O)OC2=O. The molecule has 0 fully saturated rings. The lowest BCUT2D eigenvalue weighted by molar-refractivity contribution is 0.0443. The number of hydrogen-bond acceptors (Lipinski definition) is 4. The number of carbonyl (C=O) groups excluding carboxylic acids is 2. The molecule has 0 bridgehead atoms. The predicted molar refractivity (Wildman–Crippen MR) is 98.4 cm³/mol. The van der Waals surface area contributed by atoms with Gasteiger partial charge in [-0.15, -0.1) is 0 Å². The van der Waals surface area contributed by atoms with Crippen LogP contribution in [0.15, 0.2) is 12.1 Å². The van der Waals surface area contributed by atoms with Crippen molar-refractivity contribution in [3.05, 3.63) is 41.3 Å². The number of carbonyl (C=O) groups is 3. The van der Waals surface area contributed by atoms with Crippen molar-refractivity contribution in [2.45, 2.75) is 70.6 Å². The number of hydrogen-bond donors (Lipinski definition) is 1. The number of esters is 2. The molecule has 5 nitrogen and oxygen atoms in total. The third-order valence-electron chi connectivity index (χ3n) is 4.77. The Morgan fingerprint density at radius 3 is 2.04 bits per heavy atom. The number of ether oxygens (including phenoxy) is 1. The molecule has 1 N–H and O–H groups in total. The number of unbranched alkanes of at least 4 members (excludes halogenated alkanes) is 9. The van der Waals surface area contributed by atoms with Gasteiger partial charge in [-0.1, -0.05) is 64.7 Å². The van der Waals surface area contributed by atoms with Crippen LogP contribution in [0, 0.1) is 6.92 Å². The summed E-state index contributed by atoms with van der Waals surface area (Å²) in [6, 6.07) is 2.71. The average molecular weight is 359 g/mol. The molecule has 1 aromatic rings. The fourth-order valence-electron chi connectivity index (χ4n) is 3.34. The Morgan fingerprint density at radius 2 is 1.46 bits per heavy atom. The molecule has 0 spiro atoms. The lowest BCUT2D eigenvalue weighted by Crippen LogP contribution is -2.05. The van der Waals surface area contributed by atoms with Crippen LogP contribution in [0.5, 0.6) is 0 Å². The van der Waals surface area contributed by atoms with Gasteiger partial charge in [-0.05, 0) is 30.5 Å². The number of carboxylic acids is 1. The molecule has 141 valence electrons. The van der Waals surface area contributed by atoms with Gasteiger partial charge < -0.3 is 9.84 Å². The zero-order chi connectivity index (χ0) is 18.9. The molecule has 5 heteroatoms. The van der Waals surface area contributed by atoms with Crippen LogP contribution in [0.25, 0.3) is 0 Å². The maximum absolute atomic E-state index is 11.9. The second-order valence-corrected chi connectivity index (χ2v) is 6.83. The Hall–Kier alpha value is -2.17. The van der Waals surface area contributed by atoms with Crippen LogP contribution in [0.3, 0.4) is 0 Å². The van der Waals surface area contributed by atoms with E-state index in [4.69, 9.17) is 0 Å². The second kappa shape index (κ2) is 10.1. The third-order valence-corrected chi connectivity index (χ3v) is 4.77. The highest BCUT2D eigenvalue weighted by Crippen LogP contribution is 2.27. The van der Waals surface area contributed by atoms with E-state index in [9.17, 15) is 19.5 Å². The largest absolute Gasteiger partial charge is 0.478 e. The van der Waals surface area contributed by atoms with Gasteiger partial charge in [-0.2, -0.15) is 0 Å². The zero-order valence-corrected chi connectivity index (χ0v) is 15.2. The van der Waals surface area contributed by atoms with Crippen molar-refractivity contribution in [3.8, 4) is 0 Å². The minimum absolute atomic E-state index is 0.0210. The van der Waals surface area contributed by atoms with Crippen molar-refractivity contribution in [3.63, 3.8) is 0 Å². The Kier molecular flexibility index (Phi) is 7.82. The maximum Gasteiger partial charge on any atom is 0.347 e. The van der Waals surface area contributed by atoms with E-state index in [2.05, 4.69) is 11.7 Å². The van der Waals surface area contributed by atoms with Crippen molar-refractivity contribution >= 4 is 17.9 Å². The van der Waals surface area contributed by atoms with E-state index in [0.29, 0.717) is 12.0 Å². The van der Waals surface area contributed by atoms with Gasteiger partial charge in [0.05, 0.1) is 16.7 Å². The standard InChI is InChI=1S/C21H27O5/c1-2-3-4-5-6-7-8-9-10-11-12-15-13-16(19(22)23)14-17-18(15)21(25)26-20(17)24/h13-14H,1-12H2,(H,22,23). The number of carboxylic acid groups (broad SMARTS) is 1. The van der Waals surface area contributed by atoms with Crippen LogP contribution < -0.4 is 0 Å². The Labute approximate surface area is 154 Å². The summed E-state index contributed by atoms with van der Waals surface area (Å²) >= 11 is 0. The molecule has 0 unspecified atom stereocenters. The molecule has 0 saturated heterocycles. The molecule has 1 aromatic carbocycles. The van der Waals surface area contributed by atoms with Crippen molar-refractivity contribution in [1.29, 1.82) is 0 Å². The summed E-state index contributed by atoms with van der Waals surface area (Å²) in [7, 11) is 0. The molecular weight excluding hydrogens is 332 g/mol. The van der Waals surface area contributed by atoms with Gasteiger partial charge in [0.25, 0.3) is 0 Å². The number of fused-ring (bicyclic) bond motifs is 1. The van der Waals surface area contributed by atoms with Crippen LogP contribution >= 0.6 is 0 Å². The molecule has 2 rings (SSSR count). The maximum atomic E-state index is 11.9. The number of aromatic carboxylic acids is 1. The monoisotopic (exact) mass is 359 g/mol. The third kappa shape index (κ3) is 5.41. The normalized spacial score (nSPS) is 13.0. The summed E-state index contributed by atoms with van der Waals surface area (Å²) in [4.78, 5) is 34.8. The molecule has 1 radical (unpaired) electrons. The van der Waals surface area contributed by atoms with Crippen LogP contribution in [0.4, 0.5) is 0 Å². The van der Waals surface area contributed by atoms with Crippen LogP contribution in [-0.2, 0) is 11.2 Å². The van der Waals surface area contributed by atoms with Crippen LogP contribution in [-0.4, -0.2) is 23.0 Å². The summed E-state index contributed by atoms with van der Waals surface area (Å²) < 4.78 is 4.63. The molecule has 0 amide bonds.